The summed E-state index contributed by atoms with van der Waals surface area (Å²) in [7, 11) is 0. The largest absolute Gasteiger partial charge is 0.396 e. The van der Waals surface area contributed by atoms with Crippen LogP contribution in [0.4, 0.5) is 5.69 Å². The highest BCUT2D eigenvalue weighted by molar-refractivity contribution is 7.09. The van der Waals surface area contributed by atoms with Gasteiger partial charge in [-0.3, -0.25) is 4.68 Å². The van der Waals surface area contributed by atoms with Gasteiger partial charge in [0.2, 0.25) is 0 Å². The number of nitrogens with zero attached hydrogens (tertiary/aromatic N) is 3. The number of nitrogen functional groups attached to an aromatic ring is 1. The van der Waals surface area contributed by atoms with Crippen molar-refractivity contribution in [2.24, 2.45) is 0 Å². The summed E-state index contributed by atoms with van der Waals surface area (Å²) < 4.78 is 1.87. The number of hydrogen-bond donors (Lipinski definition) is 1. The molecule has 2 aromatic heterocycles. The van der Waals surface area contributed by atoms with E-state index in [0.717, 1.165) is 22.1 Å². The van der Waals surface area contributed by atoms with Crippen LogP contribution in [0.3, 0.4) is 0 Å². The van der Waals surface area contributed by atoms with Crippen LogP contribution in [0.15, 0.2) is 11.6 Å². The lowest BCUT2D eigenvalue weighted by atomic mass is 10.4. The molecule has 14 heavy (non-hydrogen) atoms. The quantitative estimate of drug-likeness (QED) is 0.815. The van der Waals surface area contributed by atoms with Crippen LogP contribution in [0.5, 0.6) is 0 Å². The first-order valence-electron chi connectivity index (χ1n) is 4.35. The average Bonchev–Trinajstić information content (AvgIpc) is 2.67. The highest BCUT2D eigenvalue weighted by Gasteiger charge is 2.05. The molecule has 0 spiro atoms. The maximum absolute atomic E-state index is 5.70. The van der Waals surface area contributed by atoms with Gasteiger partial charge in [0.25, 0.3) is 0 Å². The predicted molar refractivity (Wildman–Crippen MR) is 57.3 cm³/mol. The second-order valence-electron chi connectivity index (χ2n) is 3.23. The van der Waals surface area contributed by atoms with Gasteiger partial charge < -0.3 is 5.73 Å². The zero-order valence-electron chi connectivity index (χ0n) is 8.19. The molecule has 0 amide bonds. The fraction of sp³-hybridized carbons (Fsp3) is 0.333. The van der Waals surface area contributed by atoms with Crippen LogP contribution in [0.1, 0.15) is 16.4 Å². The van der Waals surface area contributed by atoms with Crippen molar-refractivity contribution in [3.05, 3.63) is 28.0 Å². The molecule has 0 bridgehead atoms. The second kappa shape index (κ2) is 3.42. The van der Waals surface area contributed by atoms with Crippen molar-refractivity contribution in [3.8, 4) is 0 Å². The van der Waals surface area contributed by atoms with Gasteiger partial charge in [0, 0.05) is 11.1 Å². The summed E-state index contributed by atoms with van der Waals surface area (Å²) in [6.07, 6.45) is 1.68. The molecule has 0 saturated heterocycles. The average molecular weight is 208 g/mol. The van der Waals surface area contributed by atoms with Gasteiger partial charge in [-0.25, -0.2) is 4.98 Å². The monoisotopic (exact) mass is 208 g/mol. The van der Waals surface area contributed by atoms with E-state index in [4.69, 9.17) is 5.73 Å². The summed E-state index contributed by atoms with van der Waals surface area (Å²) >= 11 is 1.65. The Labute approximate surface area is 86.4 Å². The van der Waals surface area contributed by atoms with Crippen LogP contribution < -0.4 is 5.73 Å². The molecule has 2 heterocycles. The molecule has 74 valence electrons. The first-order chi connectivity index (χ1) is 6.66. The van der Waals surface area contributed by atoms with E-state index < -0.39 is 0 Å². The number of rotatable bonds is 2. The number of anilines is 1. The standard InChI is InChI=1S/C9H12N4S/c1-6-5-14-9(12-6)4-13-7(2)8(10)3-11-13/h3,5H,4,10H2,1-2H3. The van der Waals surface area contributed by atoms with Crippen molar-refractivity contribution < 1.29 is 0 Å². The van der Waals surface area contributed by atoms with Crippen LogP contribution in [0.25, 0.3) is 0 Å². The van der Waals surface area contributed by atoms with E-state index in [9.17, 15) is 0 Å². The van der Waals surface area contributed by atoms with E-state index in [0.29, 0.717) is 6.54 Å². The zero-order valence-corrected chi connectivity index (χ0v) is 9.01. The van der Waals surface area contributed by atoms with Crippen molar-refractivity contribution in [3.63, 3.8) is 0 Å². The maximum Gasteiger partial charge on any atom is 0.114 e. The number of thiazole rings is 1. The first-order valence-corrected chi connectivity index (χ1v) is 5.23. The van der Waals surface area contributed by atoms with Gasteiger partial charge in [0.1, 0.15) is 5.01 Å². The third-order valence-corrected chi connectivity index (χ3v) is 3.04. The second-order valence-corrected chi connectivity index (χ2v) is 4.17. The molecule has 0 saturated carbocycles. The Morgan fingerprint density at radius 2 is 2.29 bits per heavy atom. The summed E-state index contributed by atoms with van der Waals surface area (Å²) in [4.78, 5) is 4.37. The first kappa shape index (κ1) is 9.21. The predicted octanol–water partition coefficient (Wildman–Crippen LogP) is 1.59. The summed E-state index contributed by atoms with van der Waals surface area (Å²) in [6.45, 7) is 4.66. The Balaban J connectivity index is 2.22. The highest BCUT2D eigenvalue weighted by Crippen LogP contribution is 2.14. The summed E-state index contributed by atoms with van der Waals surface area (Å²) in [5, 5.41) is 7.28. The Morgan fingerprint density at radius 3 is 2.79 bits per heavy atom. The van der Waals surface area contributed by atoms with Crippen LogP contribution >= 0.6 is 11.3 Å². The van der Waals surface area contributed by atoms with E-state index >= 15 is 0 Å². The normalized spacial score (nSPS) is 10.7. The smallest absolute Gasteiger partial charge is 0.114 e. The van der Waals surface area contributed by atoms with Gasteiger partial charge in [0.15, 0.2) is 0 Å². The van der Waals surface area contributed by atoms with Crippen LogP contribution in [-0.2, 0) is 6.54 Å². The van der Waals surface area contributed by atoms with Gasteiger partial charge in [-0.2, -0.15) is 5.10 Å². The molecule has 2 N–H and O–H groups in total. The van der Waals surface area contributed by atoms with Crippen LogP contribution in [0.2, 0.25) is 0 Å². The molecular formula is C9H12N4S. The van der Waals surface area contributed by atoms with E-state index in [1.54, 1.807) is 17.5 Å². The van der Waals surface area contributed by atoms with Gasteiger partial charge >= 0.3 is 0 Å². The Kier molecular flexibility index (Phi) is 2.25. The minimum absolute atomic E-state index is 0.710. The molecule has 0 fully saturated rings. The summed E-state index contributed by atoms with van der Waals surface area (Å²) in [6, 6.07) is 0. The minimum Gasteiger partial charge on any atom is -0.396 e. The lowest BCUT2D eigenvalue weighted by Gasteiger charge is -2.00. The number of hydrogen-bond acceptors (Lipinski definition) is 4. The highest BCUT2D eigenvalue weighted by atomic mass is 32.1. The van der Waals surface area contributed by atoms with E-state index in [-0.39, 0.29) is 0 Å². The van der Waals surface area contributed by atoms with E-state index in [1.165, 1.54) is 0 Å². The molecule has 0 atom stereocenters. The van der Waals surface area contributed by atoms with Crippen molar-refractivity contribution in [1.29, 1.82) is 0 Å². The molecule has 2 rings (SSSR count). The molecule has 2 aromatic rings. The van der Waals surface area contributed by atoms with Gasteiger partial charge in [-0.1, -0.05) is 0 Å². The molecule has 4 nitrogen and oxygen atoms in total. The molecule has 0 aliphatic rings. The van der Waals surface area contributed by atoms with Crippen LogP contribution in [-0.4, -0.2) is 14.8 Å². The van der Waals surface area contributed by atoms with E-state index in [1.807, 2.05) is 23.9 Å². The van der Waals surface area contributed by atoms with Crippen molar-refractivity contribution >= 4 is 17.0 Å². The molecule has 0 aliphatic heterocycles. The number of aryl methyl sites for hydroxylation is 1. The molecule has 0 aromatic carbocycles. The third-order valence-electron chi connectivity index (χ3n) is 2.09. The lowest BCUT2D eigenvalue weighted by molar-refractivity contribution is 0.661. The van der Waals surface area contributed by atoms with E-state index in [2.05, 4.69) is 10.1 Å². The Bertz CT molecular complexity index is 443. The number of aromatic nitrogens is 3. The topological polar surface area (TPSA) is 56.7 Å². The van der Waals surface area contributed by atoms with Crippen molar-refractivity contribution in [1.82, 2.24) is 14.8 Å². The number of nitrogens with two attached hydrogens (primary N) is 1. The van der Waals surface area contributed by atoms with Gasteiger partial charge in [0.05, 0.1) is 24.1 Å². The van der Waals surface area contributed by atoms with Gasteiger partial charge in [-0.05, 0) is 13.8 Å². The van der Waals surface area contributed by atoms with Crippen LogP contribution in [0, 0.1) is 13.8 Å². The molecular weight excluding hydrogens is 196 g/mol. The SMILES string of the molecule is Cc1csc(Cn2ncc(N)c2C)n1. The maximum atomic E-state index is 5.70. The molecule has 0 unspecified atom stereocenters. The Morgan fingerprint density at radius 1 is 1.50 bits per heavy atom. The lowest BCUT2D eigenvalue weighted by Crippen LogP contribution is -2.03. The fourth-order valence-electron chi connectivity index (χ4n) is 1.22. The molecule has 0 aliphatic carbocycles. The molecule has 5 heteroatoms. The summed E-state index contributed by atoms with van der Waals surface area (Å²) in [5.74, 6) is 0. The third kappa shape index (κ3) is 1.63. The van der Waals surface area contributed by atoms with Gasteiger partial charge in [-0.15, -0.1) is 11.3 Å². The fourth-order valence-corrected chi connectivity index (χ4v) is 1.98. The Hall–Kier alpha value is -1.36. The van der Waals surface area contributed by atoms with Crippen molar-refractivity contribution in [2.75, 3.05) is 5.73 Å². The minimum atomic E-state index is 0.710. The van der Waals surface area contributed by atoms with Crippen molar-refractivity contribution in [2.45, 2.75) is 20.4 Å². The summed E-state index contributed by atoms with van der Waals surface area (Å²) in [5.41, 5.74) is 8.49. The zero-order chi connectivity index (χ0) is 10.1. The molecule has 0 radical (unpaired) electrons.